The van der Waals surface area contributed by atoms with Crippen LogP contribution in [0.5, 0.6) is 0 Å². The van der Waals surface area contributed by atoms with Gasteiger partial charge < -0.3 is 0 Å². The summed E-state index contributed by atoms with van der Waals surface area (Å²) in [6.07, 6.45) is 9.64. The number of aryl methyl sites for hydroxylation is 2. The zero-order chi connectivity index (χ0) is 24.2. The second-order valence-electron chi connectivity index (χ2n) is 8.58. The van der Waals surface area contributed by atoms with Crippen molar-refractivity contribution >= 4 is 0 Å². The second kappa shape index (κ2) is 13.4. The van der Waals surface area contributed by atoms with Crippen LogP contribution in [-0.2, 0) is 12.8 Å². The molecule has 0 heterocycles. The Labute approximate surface area is 203 Å². The molecule has 0 aliphatic carbocycles. The van der Waals surface area contributed by atoms with Crippen molar-refractivity contribution < 1.29 is 8.78 Å². The van der Waals surface area contributed by atoms with E-state index in [1.807, 2.05) is 36.4 Å². The van der Waals surface area contributed by atoms with E-state index in [1.165, 1.54) is 61.8 Å². The molecule has 0 bridgehead atoms. The number of hydrogen-bond donors (Lipinski definition) is 0. The largest absolute Gasteiger partial charge is 0.205 e. The molecule has 0 radical (unpaired) electrons. The van der Waals surface area contributed by atoms with Crippen molar-refractivity contribution in [3.05, 3.63) is 106 Å². The van der Waals surface area contributed by atoms with Gasteiger partial charge in [0.15, 0.2) is 0 Å². The lowest BCUT2D eigenvalue weighted by Gasteiger charge is -2.02. The molecule has 0 nitrogen and oxygen atoms in total. The minimum atomic E-state index is -0.696. The molecule has 0 fully saturated rings. The Bertz CT molecular complexity index is 1160. The molecule has 0 spiro atoms. The molecule has 174 valence electrons. The van der Waals surface area contributed by atoms with E-state index in [9.17, 15) is 8.78 Å². The Morgan fingerprint density at radius 3 is 1.65 bits per heavy atom. The molecular formula is C32H32F2. The fourth-order valence-electron chi connectivity index (χ4n) is 3.73. The Hall–Kier alpha value is -3.36. The summed E-state index contributed by atoms with van der Waals surface area (Å²) in [7, 11) is 0. The van der Waals surface area contributed by atoms with Crippen LogP contribution in [0.2, 0.25) is 0 Å². The van der Waals surface area contributed by atoms with E-state index in [2.05, 4.69) is 49.7 Å². The first-order valence-electron chi connectivity index (χ1n) is 12.3. The van der Waals surface area contributed by atoms with Crippen LogP contribution in [-0.4, -0.2) is 0 Å². The summed E-state index contributed by atoms with van der Waals surface area (Å²) in [4.78, 5) is 0. The third-order valence-corrected chi connectivity index (χ3v) is 5.86. The third-order valence-electron chi connectivity index (χ3n) is 5.86. The smallest absolute Gasteiger partial charge is 0.143 e. The van der Waals surface area contributed by atoms with E-state index in [1.54, 1.807) is 0 Å². The third kappa shape index (κ3) is 7.90. The maximum atomic E-state index is 14.5. The van der Waals surface area contributed by atoms with Crippen LogP contribution in [0.1, 0.15) is 85.8 Å². The maximum Gasteiger partial charge on any atom is 0.143 e. The fourth-order valence-corrected chi connectivity index (χ4v) is 3.73. The Balaban J connectivity index is 1.62. The number of benzene rings is 3. The highest BCUT2D eigenvalue weighted by Crippen LogP contribution is 2.15. The van der Waals surface area contributed by atoms with E-state index in [-0.39, 0.29) is 5.56 Å². The summed E-state index contributed by atoms with van der Waals surface area (Å²) in [6, 6.07) is 18.2. The highest BCUT2D eigenvalue weighted by molar-refractivity contribution is 5.49. The Morgan fingerprint density at radius 1 is 0.559 bits per heavy atom. The van der Waals surface area contributed by atoms with Crippen molar-refractivity contribution in [1.29, 1.82) is 0 Å². The molecule has 0 aliphatic rings. The average molecular weight is 455 g/mol. The zero-order valence-electron chi connectivity index (χ0n) is 20.2. The van der Waals surface area contributed by atoms with Gasteiger partial charge in [-0.05, 0) is 66.8 Å². The molecule has 3 aromatic carbocycles. The van der Waals surface area contributed by atoms with Gasteiger partial charge in [-0.1, -0.05) is 93.9 Å². The molecule has 34 heavy (non-hydrogen) atoms. The van der Waals surface area contributed by atoms with E-state index in [0.29, 0.717) is 5.56 Å². The van der Waals surface area contributed by atoms with Crippen LogP contribution in [0, 0.1) is 35.3 Å². The van der Waals surface area contributed by atoms with Crippen LogP contribution < -0.4 is 0 Å². The summed E-state index contributed by atoms with van der Waals surface area (Å²) in [6.45, 7) is 4.31. The predicted octanol–water partition coefficient (Wildman–Crippen LogP) is 8.23. The first-order chi connectivity index (χ1) is 16.6. The van der Waals surface area contributed by atoms with Gasteiger partial charge in [0, 0.05) is 16.7 Å². The average Bonchev–Trinajstić information content (AvgIpc) is 2.85. The molecule has 0 saturated carbocycles. The molecule has 3 rings (SSSR count). The zero-order valence-corrected chi connectivity index (χ0v) is 20.2. The van der Waals surface area contributed by atoms with Crippen LogP contribution in [0.15, 0.2) is 60.7 Å². The Morgan fingerprint density at radius 2 is 1.06 bits per heavy atom. The van der Waals surface area contributed by atoms with E-state index in [0.717, 1.165) is 24.0 Å². The van der Waals surface area contributed by atoms with Crippen molar-refractivity contribution in [3.63, 3.8) is 0 Å². The molecule has 3 aromatic rings. The summed E-state index contributed by atoms with van der Waals surface area (Å²) in [5.41, 5.74) is 4.10. The van der Waals surface area contributed by atoms with Crippen LogP contribution in [0.4, 0.5) is 8.78 Å². The van der Waals surface area contributed by atoms with Crippen molar-refractivity contribution in [1.82, 2.24) is 0 Å². The van der Waals surface area contributed by atoms with Crippen LogP contribution in [0.25, 0.3) is 0 Å². The molecule has 2 heteroatoms. The van der Waals surface area contributed by atoms with E-state index in [4.69, 9.17) is 0 Å². The Kier molecular flexibility index (Phi) is 9.94. The highest BCUT2D eigenvalue weighted by Gasteiger charge is 2.08. The van der Waals surface area contributed by atoms with Gasteiger partial charge in [0.1, 0.15) is 11.6 Å². The molecule has 0 unspecified atom stereocenters. The molecule has 0 saturated heterocycles. The normalized spacial score (nSPS) is 10.2. The van der Waals surface area contributed by atoms with Gasteiger partial charge in [-0.15, -0.1) is 0 Å². The van der Waals surface area contributed by atoms with Gasteiger partial charge in [0.2, 0.25) is 0 Å². The molecular weight excluding hydrogens is 422 g/mol. The van der Waals surface area contributed by atoms with E-state index >= 15 is 0 Å². The van der Waals surface area contributed by atoms with Crippen molar-refractivity contribution in [3.8, 4) is 23.7 Å². The van der Waals surface area contributed by atoms with E-state index < -0.39 is 11.6 Å². The van der Waals surface area contributed by atoms with Crippen LogP contribution >= 0.6 is 0 Å². The topological polar surface area (TPSA) is 0 Å². The van der Waals surface area contributed by atoms with Gasteiger partial charge in [-0.2, -0.15) is 0 Å². The van der Waals surface area contributed by atoms with Gasteiger partial charge in [0.25, 0.3) is 0 Å². The first kappa shape index (κ1) is 25.3. The molecule has 0 amide bonds. The monoisotopic (exact) mass is 454 g/mol. The lowest BCUT2D eigenvalue weighted by molar-refractivity contribution is 0.577. The SMILES string of the molecule is CCCCCCCCc1ccc(C#Cc2c(F)cc(C#Cc3ccc(CC)cc3)cc2F)cc1. The minimum absolute atomic E-state index is 0.228. The molecule has 0 aliphatic heterocycles. The van der Waals surface area contributed by atoms with Gasteiger partial charge in [-0.25, -0.2) is 8.78 Å². The molecule has 0 atom stereocenters. The summed E-state index contributed by atoms with van der Waals surface area (Å²) < 4.78 is 29.1. The summed E-state index contributed by atoms with van der Waals surface area (Å²) in [5, 5.41) is 0. The lowest BCUT2D eigenvalue weighted by atomic mass is 10.0. The minimum Gasteiger partial charge on any atom is -0.205 e. The van der Waals surface area contributed by atoms with Crippen LogP contribution in [0.3, 0.4) is 0 Å². The quantitative estimate of drug-likeness (QED) is 0.237. The van der Waals surface area contributed by atoms with Crippen molar-refractivity contribution in [2.24, 2.45) is 0 Å². The van der Waals surface area contributed by atoms with Crippen molar-refractivity contribution in [2.45, 2.75) is 65.2 Å². The fraction of sp³-hybridized carbons (Fsp3) is 0.312. The number of rotatable bonds is 8. The summed E-state index contributed by atoms with van der Waals surface area (Å²) in [5.74, 6) is 9.94. The second-order valence-corrected chi connectivity index (χ2v) is 8.58. The number of halogens is 2. The lowest BCUT2D eigenvalue weighted by Crippen LogP contribution is -1.93. The number of hydrogen-bond acceptors (Lipinski definition) is 0. The summed E-state index contributed by atoms with van der Waals surface area (Å²) >= 11 is 0. The first-order valence-corrected chi connectivity index (χ1v) is 12.3. The predicted molar refractivity (Wildman–Crippen MR) is 138 cm³/mol. The standard InChI is InChI=1S/C32H32F2/c1-3-5-6-7-8-9-10-26-15-17-28(18-16-26)21-22-30-31(33)23-29(24-32(30)34)20-19-27-13-11-25(4-2)12-14-27/h11-18,23-24H,3-10H2,1-2H3. The highest BCUT2D eigenvalue weighted by atomic mass is 19.1. The molecule has 0 N–H and O–H groups in total. The van der Waals surface area contributed by atoms with Gasteiger partial charge >= 0.3 is 0 Å². The van der Waals surface area contributed by atoms with Gasteiger partial charge in [-0.3, -0.25) is 0 Å². The maximum absolute atomic E-state index is 14.5. The molecule has 0 aromatic heterocycles. The van der Waals surface area contributed by atoms with Crippen molar-refractivity contribution in [2.75, 3.05) is 0 Å². The number of unbranched alkanes of at least 4 members (excludes halogenated alkanes) is 5. The van der Waals surface area contributed by atoms with Gasteiger partial charge in [0.05, 0.1) is 5.56 Å².